The van der Waals surface area contributed by atoms with Crippen LogP contribution in [0.15, 0.2) is 12.2 Å². The van der Waals surface area contributed by atoms with E-state index in [1.165, 1.54) is 70.6 Å². The molecule has 0 aliphatic heterocycles. The molecule has 0 aromatic rings. The normalized spacial score (nSPS) is 10.4. The largest absolute Gasteiger partial charge is 1.00 e. The number of hydrogen-bond acceptors (Lipinski definition) is 4. The summed E-state index contributed by atoms with van der Waals surface area (Å²) in [4.78, 5) is 10.5. The zero-order valence-electron chi connectivity index (χ0n) is 16.2. The minimum Gasteiger partial charge on any atom is -0.784 e. The molecule has 0 saturated heterocycles. The second-order valence-corrected chi connectivity index (χ2v) is 6.41. The molecule has 144 valence electrons. The number of rotatable bonds is 15. The van der Waals surface area contributed by atoms with Gasteiger partial charge >= 0.3 is 29.6 Å². The van der Waals surface area contributed by atoms with Crippen LogP contribution < -0.4 is 35.3 Å². The monoisotopic (exact) mass is 384 g/mol. The molecule has 0 heterocycles. The van der Waals surface area contributed by atoms with Crippen molar-refractivity contribution in [2.45, 2.75) is 96.8 Å². The van der Waals surface area contributed by atoms with Crippen molar-refractivity contribution >= 4 is 17.3 Å². The molecule has 2 N–H and O–H groups in total. The van der Waals surface area contributed by atoms with Crippen LogP contribution in [0, 0.1) is 0 Å². The van der Waals surface area contributed by atoms with E-state index in [1.54, 1.807) is 0 Å². The van der Waals surface area contributed by atoms with E-state index in [9.17, 15) is 4.79 Å². The molecule has 0 saturated carbocycles. The van der Waals surface area contributed by atoms with Crippen molar-refractivity contribution < 1.29 is 47.7 Å². The Kier molecular flexibility index (Phi) is 31.8. The zero-order valence-corrected chi connectivity index (χ0v) is 19.0. The van der Waals surface area contributed by atoms with Gasteiger partial charge in [0.1, 0.15) is 0 Å². The van der Waals surface area contributed by atoms with Crippen molar-refractivity contribution in [3.05, 3.63) is 12.2 Å². The minimum absolute atomic E-state index is 0. The van der Waals surface area contributed by atoms with Crippen molar-refractivity contribution in [2.75, 3.05) is 0 Å². The quantitative estimate of drug-likeness (QED) is 0.200. The molecule has 0 aromatic heterocycles. The van der Waals surface area contributed by atoms with E-state index in [1.807, 2.05) is 0 Å². The van der Waals surface area contributed by atoms with Crippen LogP contribution in [0.5, 0.6) is 0 Å². The molecule has 0 rings (SSSR count). The van der Waals surface area contributed by atoms with Crippen molar-refractivity contribution in [1.29, 1.82) is 0 Å². The Balaban J connectivity index is -0.000000867. The molecule has 0 aromatic carbocycles. The summed E-state index contributed by atoms with van der Waals surface area (Å²) in [7, 11) is 0. The van der Waals surface area contributed by atoms with Crippen LogP contribution in [0.25, 0.3) is 0 Å². The Labute approximate surface area is 179 Å². The summed E-state index contributed by atoms with van der Waals surface area (Å²) in [6, 6.07) is 0. The van der Waals surface area contributed by atoms with Crippen LogP contribution in [0.1, 0.15) is 96.8 Å². The topological polar surface area (TPSA) is 106 Å². The number of allylic oxidation sites excluding steroid dienone is 2. The van der Waals surface area contributed by atoms with Crippen molar-refractivity contribution in [3.8, 4) is 0 Å². The average molecular weight is 385 g/mol. The van der Waals surface area contributed by atoms with E-state index in [0.717, 1.165) is 12.8 Å². The van der Waals surface area contributed by atoms with E-state index in [0.29, 0.717) is 6.42 Å². The number of carbonyl (C=O) groups excluding carboxylic acids is 1. The maximum absolute atomic E-state index is 10.5. The summed E-state index contributed by atoms with van der Waals surface area (Å²) >= 11 is -3.11. The molecule has 0 radical (unpaired) electrons. The first kappa shape index (κ1) is 30.0. The third-order valence-corrected chi connectivity index (χ3v) is 3.68. The first-order chi connectivity index (χ1) is 11.5. The number of hydrogen-bond donors (Lipinski definition) is 1. The first-order valence-corrected chi connectivity index (χ1v) is 10.2. The van der Waals surface area contributed by atoms with Gasteiger partial charge in [-0.2, -0.15) is 0 Å². The molecule has 0 bridgehead atoms. The third kappa shape index (κ3) is 40.4. The molecule has 25 heavy (non-hydrogen) atoms. The van der Waals surface area contributed by atoms with Gasteiger partial charge in [0.05, 0.1) is 0 Å². The fourth-order valence-corrected chi connectivity index (χ4v) is 2.37. The van der Waals surface area contributed by atoms with Crippen molar-refractivity contribution in [3.63, 3.8) is 0 Å². The van der Waals surface area contributed by atoms with E-state index < -0.39 is 11.4 Å². The molecule has 0 fully saturated rings. The molecular formula is C18H35NNaO4S-. The van der Waals surface area contributed by atoms with Gasteiger partial charge in [0, 0.05) is 6.42 Å². The molecule has 0 aliphatic carbocycles. The van der Waals surface area contributed by atoms with Crippen LogP contribution in [-0.2, 0) is 16.2 Å². The Bertz CT molecular complexity index is 324. The fraction of sp³-hybridized carbons (Fsp3) is 0.833. The Morgan fingerprint density at radius 1 is 0.840 bits per heavy atom. The molecule has 5 nitrogen and oxygen atoms in total. The van der Waals surface area contributed by atoms with E-state index >= 15 is 0 Å². The van der Waals surface area contributed by atoms with Crippen LogP contribution in [0.2, 0.25) is 0 Å². The summed E-state index contributed by atoms with van der Waals surface area (Å²) in [5.41, 5.74) is 5.10. The molecule has 7 heteroatoms. The number of unbranched alkanes of at least 4 members (excludes halogenated alkanes) is 11. The Morgan fingerprint density at radius 2 is 1.20 bits per heavy atom. The van der Waals surface area contributed by atoms with Crippen LogP contribution in [0.4, 0.5) is 0 Å². The van der Waals surface area contributed by atoms with E-state index in [2.05, 4.69) is 19.1 Å². The molecule has 0 unspecified atom stereocenters. The molecule has 0 spiro atoms. The number of primary amides is 1. The molecular weight excluding hydrogens is 349 g/mol. The fourth-order valence-electron chi connectivity index (χ4n) is 2.37. The van der Waals surface area contributed by atoms with Gasteiger partial charge in [-0.25, -0.2) is 0 Å². The van der Waals surface area contributed by atoms with Gasteiger partial charge in [0.25, 0.3) is 0 Å². The Morgan fingerprint density at radius 3 is 1.60 bits per heavy atom. The second kappa shape index (κ2) is 26.5. The Hall–Kier alpha value is 0.280. The van der Waals surface area contributed by atoms with Gasteiger partial charge < -0.3 is 14.8 Å². The standard InChI is InChI=1S/C18H35NO.Na.H2O3S/c1-2-3-4-5-6-7-8-9-10-11-12-13-14-15-16-17-18(19)20;;1-4(2)3/h9-10H,2-8,11-17H2,1H3,(H2,19,20);;(H2,1,2,3)/q;+1;/p-2/b10-9-;;. The van der Waals surface area contributed by atoms with Crippen molar-refractivity contribution in [1.82, 2.24) is 0 Å². The summed E-state index contributed by atoms with van der Waals surface area (Å²) in [6.07, 6.45) is 21.9. The maximum atomic E-state index is 10.5. The van der Waals surface area contributed by atoms with Crippen LogP contribution >= 0.6 is 0 Å². The zero-order chi connectivity index (χ0) is 18.5. The van der Waals surface area contributed by atoms with Gasteiger partial charge in [0.2, 0.25) is 5.91 Å². The van der Waals surface area contributed by atoms with E-state index in [4.69, 9.17) is 19.0 Å². The van der Waals surface area contributed by atoms with E-state index in [-0.39, 0.29) is 35.5 Å². The summed E-state index contributed by atoms with van der Waals surface area (Å²) in [5, 5.41) is 0. The predicted octanol–water partition coefficient (Wildman–Crippen LogP) is 1.51. The second-order valence-electron chi connectivity index (χ2n) is 6.00. The molecule has 1 amide bonds. The van der Waals surface area contributed by atoms with Gasteiger partial charge in [-0.3, -0.25) is 9.00 Å². The maximum Gasteiger partial charge on any atom is 1.00 e. The number of carbonyl (C=O) groups is 1. The smallest absolute Gasteiger partial charge is 0.784 e. The third-order valence-electron chi connectivity index (χ3n) is 3.68. The van der Waals surface area contributed by atoms with Crippen LogP contribution in [-0.4, -0.2) is 19.2 Å². The van der Waals surface area contributed by atoms with Gasteiger partial charge in [-0.05, 0) is 32.1 Å². The first-order valence-electron chi connectivity index (χ1n) is 9.20. The molecule has 0 aliphatic rings. The van der Waals surface area contributed by atoms with Crippen LogP contribution in [0.3, 0.4) is 0 Å². The summed E-state index contributed by atoms with van der Waals surface area (Å²) < 4.78 is 25.3. The van der Waals surface area contributed by atoms with Gasteiger partial charge in [-0.1, -0.05) is 70.4 Å². The SMILES string of the molecule is CCCCCCCC/C=C\CCCCCCCC(N)=O.O=S([O-])[O-].[Na+]. The van der Waals surface area contributed by atoms with Gasteiger partial charge in [0.15, 0.2) is 0 Å². The van der Waals surface area contributed by atoms with Gasteiger partial charge in [-0.15, -0.1) is 11.4 Å². The summed E-state index contributed by atoms with van der Waals surface area (Å²) in [6.45, 7) is 2.26. The minimum atomic E-state index is -3.11. The van der Waals surface area contributed by atoms with Crippen molar-refractivity contribution in [2.24, 2.45) is 5.73 Å². The number of nitrogens with two attached hydrogens (primary N) is 1. The summed E-state index contributed by atoms with van der Waals surface area (Å²) in [5.74, 6) is -0.164. The molecule has 0 atom stereocenters. The number of amides is 1. The average Bonchev–Trinajstić information content (AvgIpc) is 2.50. The predicted molar refractivity (Wildman–Crippen MR) is 98.3 cm³/mol.